The van der Waals surface area contributed by atoms with E-state index in [0.29, 0.717) is 8.81 Å². The van der Waals surface area contributed by atoms with Gasteiger partial charge < -0.3 is 5.32 Å². The maximum Gasteiger partial charge on any atom is 0.137 e. The van der Waals surface area contributed by atoms with Crippen LogP contribution in [0.5, 0.6) is 0 Å². The third kappa shape index (κ3) is 3.63. The van der Waals surface area contributed by atoms with E-state index in [1.54, 1.807) is 6.07 Å². The molecule has 0 radical (unpaired) electrons. The maximum atomic E-state index is 13.8. The van der Waals surface area contributed by atoms with Crippen LogP contribution in [0.2, 0.25) is 4.34 Å². The van der Waals surface area contributed by atoms with E-state index in [-0.39, 0.29) is 11.9 Å². The predicted molar refractivity (Wildman–Crippen MR) is 91.3 cm³/mol. The Morgan fingerprint density at radius 3 is 2.75 bits per heavy atom. The van der Waals surface area contributed by atoms with E-state index in [1.165, 1.54) is 17.4 Å². The van der Waals surface area contributed by atoms with Gasteiger partial charge in [-0.3, -0.25) is 0 Å². The molecule has 0 aliphatic heterocycles. The van der Waals surface area contributed by atoms with Gasteiger partial charge in [-0.2, -0.15) is 0 Å². The lowest BCUT2D eigenvalue weighted by Gasteiger charge is -2.19. The summed E-state index contributed by atoms with van der Waals surface area (Å²) >= 11 is 14.4. The molecule has 2 rings (SSSR count). The fraction of sp³-hybridized carbons (Fsp3) is 0.286. The summed E-state index contributed by atoms with van der Waals surface area (Å²) < 4.78 is 15.8. The third-order valence-corrected chi connectivity index (χ3v) is 6.22. The van der Waals surface area contributed by atoms with Gasteiger partial charge in [0.05, 0.1) is 10.5 Å². The predicted octanol–water partition coefficient (Wildman–Crippen LogP) is 6.15. The molecule has 20 heavy (non-hydrogen) atoms. The van der Waals surface area contributed by atoms with Crippen molar-refractivity contribution in [1.82, 2.24) is 5.32 Å². The van der Waals surface area contributed by atoms with Crippen molar-refractivity contribution >= 4 is 54.8 Å². The summed E-state index contributed by atoms with van der Waals surface area (Å²) in [6.45, 7) is 2.95. The minimum Gasteiger partial charge on any atom is -0.306 e. The highest BCUT2D eigenvalue weighted by molar-refractivity contribution is 9.10. The molecule has 1 aromatic heterocycles. The Morgan fingerprint density at radius 2 is 2.15 bits per heavy atom. The number of halogens is 4. The van der Waals surface area contributed by atoms with Gasteiger partial charge in [0.25, 0.3) is 0 Å². The van der Waals surface area contributed by atoms with Gasteiger partial charge >= 0.3 is 0 Å². The zero-order chi connectivity index (χ0) is 14.7. The Labute approximate surface area is 143 Å². The van der Waals surface area contributed by atoms with Crippen molar-refractivity contribution in [2.45, 2.75) is 19.4 Å². The minimum absolute atomic E-state index is 0.0752. The molecule has 0 fully saturated rings. The molecule has 0 spiro atoms. The highest BCUT2D eigenvalue weighted by atomic mass is 79.9. The van der Waals surface area contributed by atoms with Gasteiger partial charge in [0, 0.05) is 9.35 Å². The largest absolute Gasteiger partial charge is 0.306 e. The molecule has 1 heterocycles. The van der Waals surface area contributed by atoms with E-state index >= 15 is 0 Å². The molecular weight excluding hydrogens is 428 g/mol. The van der Waals surface area contributed by atoms with Crippen molar-refractivity contribution in [3.8, 4) is 0 Å². The lowest BCUT2D eigenvalue weighted by molar-refractivity contribution is 0.585. The third-order valence-electron chi connectivity index (χ3n) is 2.84. The molecule has 2 aromatic rings. The lowest BCUT2D eigenvalue weighted by Crippen LogP contribution is -2.23. The van der Waals surface area contributed by atoms with Crippen molar-refractivity contribution in [2.24, 2.45) is 0 Å². The van der Waals surface area contributed by atoms with E-state index in [9.17, 15) is 4.39 Å². The number of nitrogens with one attached hydrogen (secondary N) is 1. The van der Waals surface area contributed by atoms with Gasteiger partial charge in [0.1, 0.15) is 10.2 Å². The van der Waals surface area contributed by atoms with Crippen LogP contribution in [0, 0.1) is 5.82 Å². The first-order valence-corrected chi connectivity index (χ1v) is 8.94. The van der Waals surface area contributed by atoms with Gasteiger partial charge in [-0.1, -0.05) is 30.7 Å². The Kier molecular flexibility index (Phi) is 6.05. The van der Waals surface area contributed by atoms with Gasteiger partial charge in [-0.25, -0.2) is 4.39 Å². The van der Waals surface area contributed by atoms with Crippen LogP contribution in [-0.4, -0.2) is 6.54 Å². The lowest BCUT2D eigenvalue weighted by atomic mass is 10.1. The average molecular weight is 442 g/mol. The molecule has 1 nitrogen and oxygen atoms in total. The summed E-state index contributed by atoms with van der Waals surface area (Å²) in [5, 5.41) is 3.44. The first kappa shape index (κ1) is 16.4. The average Bonchev–Trinajstić information content (AvgIpc) is 2.74. The van der Waals surface area contributed by atoms with Gasteiger partial charge in [-0.05, 0) is 62.5 Å². The molecule has 1 N–H and O–H groups in total. The van der Waals surface area contributed by atoms with Crippen LogP contribution in [0.4, 0.5) is 4.39 Å². The van der Waals surface area contributed by atoms with Gasteiger partial charge in [0.15, 0.2) is 0 Å². The quantitative estimate of drug-likeness (QED) is 0.586. The van der Waals surface area contributed by atoms with E-state index in [1.807, 2.05) is 12.1 Å². The van der Waals surface area contributed by atoms with Gasteiger partial charge in [-0.15, -0.1) is 11.3 Å². The molecule has 1 atom stereocenters. The monoisotopic (exact) mass is 439 g/mol. The van der Waals surface area contributed by atoms with E-state index in [0.717, 1.165) is 27.9 Å². The standard InChI is InChI=1S/C14H13Br2ClFNS/c1-2-6-19-13(11-7-9(15)14(17)20-11)8-4-3-5-10(18)12(8)16/h3-5,7,13,19H,2,6H2,1H3. The van der Waals surface area contributed by atoms with Crippen LogP contribution in [0.15, 0.2) is 33.2 Å². The molecule has 6 heteroatoms. The Bertz CT molecular complexity index is 583. The Balaban J connectivity index is 2.44. The van der Waals surface area contributed by atoms with Crippen molar-refractivity contribution in [3.05, 3.63) is 53.8 Å². The zero-order valence-electron chi connectivity index (χ0n) is 10.7. The molecule has 1 unspecified atom stereocenters. The number of rotatable bonds is 5. The number of hydrogen-bond donors (Lipinski definition) is 1. The van der Waals surface area contributed by atoms with Crippen LogP contribution in [0.3, 0.4) is 0 Å². The molecule has 0 aliphatic rings. The number of benzene rings is 1. The van der Waals surface area contributed by atoms with Crippen LogP contribution in [0.1, 0.15) is 29.8 Å². The van der Waals surface area contributed by atoms with Crippen LogP contribution in [-0.2, 0) is 0 Å². The highest BCUT2D eigenvalue weighted by Crippen LogP contribution is 2.39. The molecular formula is C14H13Br2ClFNS. The SMILES string of the molecule is CCCNC(c1cc(Br)c(Cl)s1)c1cccc(F)c1Br. The van der Waals surface area contributed by atoms with Crippen molar-refractivity contribution in [2.75, 3.05) is 6.54 Å². The van der Waals surface area contributed by atoms with Crippen LogP contribution in [0.25, 0.3) is 0 Å². The fourth-order valence-electron chi connectivity index (χ4n) is 1.90. The van der Waals surface area contributed by atoms with Crippen molar-refractivity contribution in [3.63, 3.8) is 0 Å². The molecule has 0 bridgehead atoms. The smallest absolute Gasteiger partial charge is 0.137 e. The summed E-state index contributed by atoms with van der Waals surface area (Å²) in [5.41, 5.74) is 0.879. The molecule has 1 aromatic carbocycles. The molecule has 0 saturated heterocycles. The molecule has 0 amide bonds. The first-order chi connectivity index (χ1) is 9.54. The summed E-state index contributed by atoms with van der Waals surface area (Å²) in [6.07, 6.45) is 1.00. The Hall–Kier alpha value is 0.0600. The zero-order valence-corrected chi connectivity index (χ0v) is 15.5. The fourth-order valence-corrected chi connectivity index (χ4v) is 4.23. The summed E-state index contributed by atoms with van der Waals surface area (Å²) in [5.74, 6) is -0.257. The van der Waals surface area contributed by atoms with E-state index < -0.39 is 0 Å². The van der Waals surface area contributed by atoms with Gasteiger partial charge in [0.2, 0.25) is 0 Å². The molecule has 0 saturated carbocycles. The second-order valence-corrected chi connectivity index (χ2v) is 7.63. The normalized spacial score (nSPS) is 12.7. The second kappa shape index (κ2) is 7.36. The Morgan fingerprint density at radius 1 is 1.40 bits per heavy atom. The van der Waals surface area contributed by atoms with E-state index in [4.69, 9.17) is 11.6 Å². The van der Waals surface area contributed by atoms with Crippen LogP contribution >= 0.6 is 54.8 Å². The molecule has 108 valence electrons. The summed E-state index contributed by atoms with van der Waals surface area (Å²) in [4.78, 5) is 1.06. The number of thiophene rings is 1. The van der Waals surface area contributed by atoms with Crippen LogP contribution < -0.4 is 5.32 Å². The number of hydrogen-bond acceptors (Lipinski definition) is 2. The second-order valence-electron chi connectivity index (χ2n) is 4.30. The maximum absolute atomic E-state index is 13.8. The van der Waals surface area contributed by atoms with Crippen molar-refractivity contribution in [1.29, 1.82) is 0 Å². The molecule has 0 aliphatic carbocycles. The van der Waals surface area contributed by atoms with E-state index in [2.05, 4.69) is 44.1 Å². The highest BCUT2D eigenvalue weighted by Gasteiger charge is 2.21. The van der Waals surface area contributed by atoms with Crippen molar-refractivity contribution < 1.29 is 4.39 Å². The topological polar surface area (TPSA) is 12.0 Å². The summed E-state index contributed by atoms with van der Waals surface area (Å²) in [6, 6.07) is 7.00. The first-order valence-electron chi connectivity index (χ1n) is 6.16. The summed E-state index contributed by atoms with van der Waals surface area (Å²) in [7, 11) is 0. The minimum atomic E-state index is -0.257.